The number of aliphatic hydroxyl groups excluding tert-OH is 1. The van der Waals surface area contributed by atoms with Crippen LogP contribution in [0.25, 0.3) is 0 Å². The van der Waals surface area contributed by atoms with Gasteiger partial charge in [0.05, 0.1) is 6.61 Å². The Bertz CT molecular complexity index is 586. The van der Waals surface area contributed by atoms with Crippen molar-refractivity contribution in [2.45, 2.75) is 33.8 Å². The van der Waals surface area contributed by atoms with Crippen molar-refractivity contribution in [2.75, 3.05) is 11.9 Å². The van der Waals surface area contributed by atoms with Gasteiger partial charge in [0.25, 0.3) is 0 Å². The highest BCUT2D eigenvalue weighted by atomic mass is 16.3. The number of aryl methyl sites for hydroxylation is 3. The van der Waals surface area contributed by atoms with E-state index in [4.69, 9.17) is 0 Å². The number of aromatic nitrogens is 1. The Hall–Kier alpha value is -1.87. The number of pyridine rings is 1. The zero-order valence-electron chi connectivity index (χ0n) is 12.6. The summed E-state index contributed by atoms with van der Waals surface area (Å²) < 4.78 is 0. The summed E-state index contributed by atoms with van der Waals surface area (Å²) >= 11 is 0. The molecule has 0 fully saturated rings. The number of rotatable bonds is 4. The maximum atomic E-state index is 9.38. The molecule has 3 heteroatoms. The van der Waals surface area contributed by atoms with Gasteiger partial charge < -0.3 is 10.0 Å². The summed E-state index contributed by atoms with van der Waals surface area (Å²) in [5.41, 5.74) is 5.53. The summed E-state index contributed by atoms with van der Waals surface area (Å²) in [4.78, 5) is 6.73. The van der Waals surface area contributed by atoms with E-state index in [0.29, 0.717) is 0 Å². The lowest BCUT2D eigenvalue weighted by Gasteiger charge is -2.22. The third-order valence-electron chi connectivity index (χ3n) is 3.53. The van der Waals surface area contributed by atoms with Crippen LogP contribution in [0.4, 0.5) is 11.5 Å². The van der Waals surface area contributed by atoms with Crippen molar-refractivity contribution in [3.8, 4) is 0 Å². The number of anilines is 2. The van der Waals surface area contributed by atoms with Crippen molar-refractivity contribution >= 4 is 11.5 Å². The van der Waals surface area contributed by atoms with Crippen LogP contribution in [-0.4, -0.2) is 17.1 Å². The number of benzene rings is 1. The van der Waals surface area contributed by atoms with Crippen molar-refractivity contribution in [1.82, 2.24) is 4.98 Å². The van der Waals surface area contributed by atoms with Crippen LogP contribution in [-0.2, 0) is 13.0 Å². The largest absolute Gasteiger partial charge is 0.392 e. The highest BCUT2D eigenvalue weighted by Gasteiger charge is 2.10. The molecular formula is C17H22N2O. The molecule has 106 valence electrons. The van der Waals surface area contributed by atoms with Gasteiger partial charge in [-0.2, -0.15) is 0 Å². The van der Waals surface area contributed by atoms with Gasteiger partial charge in [0, 0.05) is 18.4 Å². The van der Waals surface area contributed by atoms with Gasteiger partial charge in [-0.25, -0.2) is 4.98 Å². The molecule has 0 spiro atoms. The van der Waals surface area contributed by atoms with Crippen LogP contribution < -0.4 is 4.90 Å². The zero-order chi connectivity index (χ0) is 14.7. The maximum absolute atomic E-state index is 9.38. The molecule has 0 saturated carbocycles. The first-order valence-corrected chi connectivity index (χ1v) is 6.96. The van der Waals surface area contributed by atoms with Gasteiger partial charge in [0.15, 0.2) is 0 Å². The molecule has 1 aromatic heterocycles. The van der Waals surface area contributed by atoms with Crippen molar-refractivity contribution in [3.05, 3.63) is 52.7 Å². The lowest BCUT2D eigenvalue weighted by Crippen LogP contribution is -2.14. The van der Waals surface area contributed by atoms with Crippen LogP contribution in [0, 0.1) is 13.8 Å². The van der Waals surface area contributed by atoms with E-state index >= 15 is 0 Å². The van der Waals surface area contributed by atoms with Gasteiger partial charge in [-0.15, -0.1) is 0 Å². The zero-order valence-corrected chi connectivity index (χ0v) is 12.6. The van der Waals surface area contributed by atoms with Crippen molar-refractivity contribution in [1.29, 1.82) is 0 Å². The number of hydrogen-bond donors (Lipinski definition) is 1. The minimum Gasteiger partial charge on any atom is -0.392 e. The Balaban J connectivity index is 2.44. The number of hydrogen-bond acceptors (Lipinski definition) is 3. The van der Waals surface area contributed by atoms with Gasteiger partial charge in [-0.3, -0.25) is 0 Å². The van der Waals surface area contributed by atoms with E-state index in [1.807, 2.05) is 19.2 Å². The van der Waals surface area contributed by atoms with E-state index in [1.54, 1.807) is 0 Å². The van der Waals surface area contributed by atoms with Gasteiger partial charge >= 0.3 is 0 Å². The first kappa shape index (κ1) is 14.5. The molecule has 1 N–H and O–H groups in total. The Kier molecular flexibility index (Phi) is 4.40. The lowest BCUT2D eigenvalue weighted by atomic mass is 10.1. The van der Waals surface area contributed by atoms with E-state index in [1.165, 1.54) is 11.1 Å². The minimum atomic E-state index is 0.0449. The smallest absolute Gasteiger partial charge is 0.133 e. The second-order valence-electron chi connectivity index (χ2n) is 5.19. The fraction of sp³-hybridized carbons (Fsp3) is 0.353. The second kappa shape index (κ2) is 6.06. The Morgan fingerprint density at radius 2 is 1.90 bits per heavy atom. The summed E-state index contributed by atoms with van der Waals surface area (Å²) in [7, 11) is 2.01. The molecule has 0 atom stereocenters. The monoisotopic (exact) mass is 270 g/mol. The molecule has 1 aromatic carbocycles. The Morgan fingerprint density at radius 3 is 2.50 bits per heavy atom. The standard InChI is InChI=1S/C17H22N2O/c1-5-15-9-14(11-20)10-17(18-15)19(4)16-7-6-12(2)8-13(16)3/h6-10,20H,5,11H2,1-4H3. The van der Waals surface area contributed by atoms with E-state index in [2.05, 4.69) is 48.9 Å². The predicted molar refractivity (Wildman–Crippen MR) is 83.5 cm³/mol. The van der Waals surface area contributed by atoms with Crippen molar-refractivity contribution in [2.24, 2.45) is 0 Å². The summed E-state index contributed by atoms with van der Waals surface area (Å²) in [6.45, 7) is 6.32. The molecule has 0 aliphatic rings. The van der Waals surface area contributed by atoms with Crippen LogP contribution in [0.5, 0.6) is 0 Å². The van der Waals surface area contributed by atoms with Crippen LogP contribution in [0.1, 0.15) is 29.3 Å². The highest BCUT2D eigenvalue weighted by Crippen LogP contribution is 2.27. The van der Waals surface area contributed by atoms with Crippen LogP contribution >= 0.6 is 0 Å². The third kappa shape index (κ3) is 2.99. The Labute approximate surface area is 120 Å². The van der Waals surface area contributed by atoms with Gasteiger partial charge in [-0.1, -0.05) is 24.6 Å². The average Bonchev–Trinajstić information content (AvgIpc) is 2.46. The summed E-state index contributed by atoms with van der Waals surface area (Å²) in [6, 6.07) is 10.3. The van der Waals surface area contributed by atoms with E-state index in [0.717, 1.165) is 29.2 Å². The maximum Gasteiger partial charge on any atom is 0.133 e. The molecule has 1 heterocycles. The molecule has 0 aliphatic heterocycles. The highest BCUT2D eigenvalue weighted by molar-refractivity contribution is 5.64. The third-order valence-corrected chi connectivity index (χ3v) is 3.53. The molecule has 2 aromatic rings. The minimum absolute atomic E-state index is 0.0449. The summed E-state index contributed by atoms with van der Waals surface area (Å²) in [6.07, 6.45) is 0.863. The molecular weight excluding hydrogens is 248 g/mol. The van der Waals surface area contributed by atoms with Crippen LogP contribution in [0.3, 0.4) is 0 Å². The SMILES string of the molecule is CCc1cc(CO)cc(N(C)c2ccc(C)cc2C)n1. The quantitative estimate of drug-likeness (QED) is 0.923. The van der Waals surface area contributed by atoms with Crippen LogP contribution in [0.15, 0.2) is 30.3 Å². The fourth-order valence-corrected chi connectivity index (χ4v) is 2.38. The Morgan fingerprint density at radius 1 is 1.15 bits per heavy atom. The van der Waals surface area contributed by atoms with Gasteiger partial charge in [0.2, 0.25) is 0 Å². The van der Waals surface area contributed by atoms with E-state index in [-0.39, 0.29) is 6.61 Å². The molecule has 3 nitrogen and oxygen atoms in total. The first-order chi connectivity index (χ1) is 9.55. The summed E-state index contributed by atoms with van der Waals surface area (Å²) in [5.74, 6) is 0.875. The molecule has 0 radical (unpaired) electrons. The normalized spacial score (nSPS) is 10.7. The first-order valence-electron chi connectivity index (χ1n) is 6.96. The molecule has 0 saturated heterocycles. The molecule has 2 rings (SSSR count). The summed E-state index contributed by atoms with van der Waals surface area (Å²) in [5, 5.41) is 9.38. The lowest BCUT2D eigenvalue weighted by molar-refractivity contribution is 0.281. The average molecular weight is 270 g/mol. The van der Waals surface area contributed by atoms with Crippen molar-refractivity contribution < 1.29 is 5.11 Å². The number of aliphatic hydroxyl groups is 1. The van der Waals surface area contributed by atoms with Gasteiger partial charge in [0.1, 0.15) is 5.82 Å². The van der Waals surface area contributed by atoms with E-state index < -0.39 is 0 Å². The molecule has 0 amide bonds. The van der Waals surface area contributed by atoms with Crippen LogP contribution in [0.2, 0.25) is 0 Å². The molecule has 0 aliphatic carbocycles. The molecule has 20 heavy (non-hydrogen) atoms. The van der Waals surface area contributed by atoms with Crippen molar-refractivity contribution in [3.63, 3.8) is 0 Å². The fourth-order valence-electron chi connectivity index (χ4n) is 2.38. The topological polar surface area (TPSA) is 36.4 Å². The predicted octanol–water partition coefficient (Wildman–Crippen LogP) is 3.52. The van der Waals surface area contributed by atoms with E-state index in [9.17, 15) is 5.11 Å². The number of nitrogens with zero attached hydrogens (tertiary/aromatic N) is 2. The molecule has 0 unspecified atom stereocenters. The second-order valence-corrected chi connectivity index (χ2v) is 5.19. The van der Waals surface area contributed by atoms with Gasteiger partial charge in [-0.05, 0) is 49.6 Å². The molecule has 0 bridgehead atoms.